The first kappa shape index (κ1) is 17.8. The summed E-state index contributed by atoms with van der Waals surface area (Å²) in [5.41, 5.74) is 1.65. The van der Waals surface area contributed by atoms with Crippen molar-refractivity contribution in [1.29, 1.82) is 0 Å². The van der Waals surface area contributed by atoms with E-state index in [1.807, 2.05) is 37.3 Å². The number of carbonyl (C=O) groups excluding carboxylic acids is 2. The van der Waals surface area contributed by atoms with E-state index in [-0.39, 0.29) is 18.5 Å². The number of benzene rings is 2. The number of amides is 3. The Kier molecular flexibility index (Phi) is 6.63. The molecule has 0 unspecified atom stereocenters. The van der Waals surface area contributed by atoms with E-state index in [1.54, 1.807) is 24.3 Å². The smallest absolute Gasteiger partial charge is 0.322 e. The fourth-order valence-electron chi connectivity index (χ4n) is 2.08. The van der Waals surface area contributed by atoms with Gasteiger partial charge >= 0.3 is 6.03 Å². The third-order valence-electron chi connectivity index (χ3n) is 3.43. The molecule has 2 N–H and O–H groups in total. The number of halogens is 1. The van der Waals surface area contributed by atoms with E-state index in [0.29, 0.717) is 23.8 Å². The van der Waals surface area contributed by atoms with Gasteiger partial charge in [-0.15, -0.1) is 0 Å². The fourth-order valence-corrected chi connectivity index (χ4v) is 2.21. The molecule has 0 radical (unpaired) electrons. The maximum Gasteiger partial charge on any atom is 0.322 e. The van der Waals surface area contributed by atoms with E-state index in [2.05, 4.69) is 10.6 Å². The maximum atomic E-state index is 12.2. The second-order valence-electron chi connectivity index (χ2n) is 5.21. The summed E-state index contributed by atoms with van der Waals surface area (Å²) in [6.07, 6.45) is 0. The van der Waals surface area contributed by atoms with E-state index in [4.69, 9.17) is 11.6 Å². The van der Waals surface area contributed by atoms with Gasteiger partial charge in [-0.1, -0.05) is 41.9 Å². The fraction of sp³-hybridized carbons (Fsp3) is 0.222. The van der Waals surface area contributed by atoms with Crippen molar-refractivity contribution in [2.75, 3.05) is 18.4 Å². The molecule has 0 aromatic heterocycles. The first-order valence-corrected chi connectivity index (χ1v) is 8.08. The van der Waals surface area contributed by atoms with E-state index >= 15 is 0 Å². The average molecular weight is 346 g/mol. The zero-order valence-corrected chi connectivity index (χ0v) is 14.2. The van der Waals surface area contributed by atoms with Crippen molar-refractivity contribution in [2.24, 2.45) is 0 Å². The lowest BCUT2D eigenvalue weighted by Crippen LogP contribution is -2.42. The highest BCUT2D eigenvalue weighted by molar-refractivity contribution is 6.30. The van der Waals surface area contributed by atoms with Crippen LogP contribution < -0.4 is 10.6 Å². The molecule has 0 aliphatic rings. The molecular weight excluding hydrogens is 326 g/mol. The Bertz CT molecular complexity index is 674. The summed E-state index contributed by atoms with van der Waals surface area (Å²) in [5.74, 6) is -0.213. The Labute approximate surface area is 146 Å². The molecule has 5 nitrogen and oxygen atoms in total. The van der Waals surface area contributed by atoms with Crippen molar-refractivity contribution < 1.29 is 9.59 Å². The van der Waals surface area contributed by atoms with Gasteiger partial charge < -0.3 is 15.5 Å². The minimum atomic E-state index is -0.301. The molecule has 0 atom stereocenters. The third kappa shape index (κ3) is 5.59. The standard InChI is InChI=1S/C18H20ClN3O2/c1-2-22(18(24)21-16-6-4-3-5-7-16)13-17(23)20-12-14-8-10-15(19)11-9-14/h3-11H,2,12-13H2,1H3,(H,20,23)(H,21,24). The van der Waals surface area contributed by atoms with Crippen LogP contribution in [0.25, 0.3) is 0 Å². The molecule has 0 aliphatic carbocycles. The molecule has 3 amide bonds. The van der Waals surface area contributed by atoms with Crippen LogP contribution in [-0.4, -0.2) is 29.9 Å². The van der Waals surface area contributed by atoms with Gasteiger partial charge in [0.1, 0.15) is 6.54 Å². The molecule has 0 saturated heterocycles. The van der Waals surface area contributed by atoms with Crippen LogP contribution in [0, 0.1) is 0 Å². The van der Waals surface area contributed by atoms with Gasteiger partial charge in [0.25, 0.3) is 0 Å². The number of hydrogen-bond donors (Lipinski definition) is 2. The van der Waals surface area contributed by atoms with Gasteiger partial charge in [-0.25, -0.2) is 4.79 Å². The summed E-state index contributed by atoms with van der Waals surface area (Å²) < 4.78 is 0. The molecule has 2 aromatic carbocycles. The lowest BCUT2D eigenvalue weighted by molar-refractivity contribution is -0.121. The summed E-state index contributed by atoms with van der Waals surface area (Å²) in [5, 5.41) is 6.22. The molecular formula is C18H20ClN3O2. The third-order valence-corrected chi connectivity index (χ3v) is 3.68. The van der Waals surface area contributed by atoms with Crippen LogP contribution in [-0.2, 0) is 11.3 Å². The van der Waals surface area contributed by atoms with E-state index in [9.17, 15) is 9.59 Å². The lowest BCUT2D eigenvalue weighted by Gasteiger charge is -2.21. The first-order chi connectivity index (χ1) is 11.6. The van der Waals surface area contributed by atoms with Crippen molar-refractivity contribution in [3.8, 4) is 0 Å². The highest BCUT2D eigenvalue weighted by Crippen LogP contribution is 2.09. The van der Waals surface area contributed by atoms with Crippen LogP contribution >= 0.6 is 11.6 Å². The Balaban J connectivity index is 1.83. The molecule has 0 aliphatic heterocycles. The molecule has 0 heterocycles. The van der Waals surface area contributed by atoms with Crippen LogP contribution in [0.3, 0.4) is 0 Å². The molecule has 0 saturated carbocycles. The van der Waals surface area contributed by atoms with Crippen molar-refractivity contribution in [2.45, 2.75) is 13.5 Å². The van der Waals surface area contributed by atoms with Crippen LogP contribution in [0.15, 0.2) is 54.6 Å². The van der Waals surface area contributed by atoms with Crippen molar-refractivity contribution >= 4 is 29.2 Å². The maximum absolute atomic E-state index is 12.2. The Morgan fingerprint density at radius 1 is 1.04 bits per heavy atom. The number of rotatable bonds is 6. The molecule has 2 rings (SSSR count). The normalized spacial score (nSPS) is 10.1. The quantitative estimate of drug-likeness (QED) is 0.841. The Morgan fingerprint density at radius 3 is 2.33 bits per heavy atom. The van der Waals surface area contributed by atoms with Crippen molar-refractivity contribution in [3.63, 3.8) is 0 Å². The van der Waals surface area contributed by atoms with Gasteiger partial charge in [0.2, 0.25) is 5.91 Å². The van der Waals surface area contributed by atoms with E-state index < -0.39 is 0 Å². The average Bonchev–Trinajstić information content (AvgIpc) is 2.60. The minimum absolute atomic E-state index is 0.00273. The number of anilines is 1. The van der Waals surface area contributed by atoms with E-state index in [1.165, 1.54) is 4.90 Å². The topological polar surface area (TPSA) is 61.4 Å². The number of urea groups is 1. The van der Waals surface area contributed by atoms with Crippen LogP contribution in [0.2, 0.25) is 5.02 Å². The van der Waals surface area contributed by atoms with Crippen molar-refractivity contribution in [1.82, 2.24) is 10.2 Å². The zero-order chi connectivity index (χ0) is 17.4. The van der Waals surface area contributed by atoms with Crippen LogP contribution in [0.5, 0.6) is 0 Å². The van der Waals surface area contributed by atoms with Gasteiger partial charge in [0.05, 0.1) is 0 Å². The predicted octanol–water partition coefficient (Wildman–Crippen LogP) is 3.51. The summed E-state index contributed by atoms with van der Waals surface area (Å²) in [6, 6.07) is 16.1. The number of likely N-dealkylation sites (N-methyl/N-ethyl adjacent to an activating group) is 1. The zero-order valence-electron chi connectivity index (χ0n) is 13.5. The Morgan fingerprint density at radius 2 is 1.71 bits per heavy atom. The second kappa shape index (κ2) is 8.93. The summed E-state index contributed by atoms with van der Waals surface area (Å²) >= 11 is 5.82. The molecule has 126 valence electrons. The summed E-state index contributed by atoms with van der Waals surface area (Å²) in [6.45, 7) is 2.67. The van der Waals surface area contributed by atoms with Gasteiger partial charge in [-0.3, -0.25) is 4.79 Å². The molecule has 2 aromatic rings. The molecule has 0 bridgehead atoms. The van der Waals surface area contributed by atoms with Crippen LogP contribution in [0.1, 0.15) is 12.5 Å². The predicted molar refractivity (Wildman–Crippen MR) is 96.0 cm³/mol. The second-order valence-corrected chi connectivity index (χ2v) is 5.65. The summed E-state index contributed by atoms with van der Waals surface area (Å²) in [7, 11) is 0. The van der Waals surface area contributed by atoms with E-state index in [0.717, 1.165) is 5.56 Å². The van der Waals surface area contributed by atoms with Gasteiger partial charge in [-0.2, -0.15) is 0 Å². The highest BCUT2D eigenvalue weighted by atomic mass is 35.5. The lowest BCUT2D eigenvalue weighted by atomic mass is 10.2. The number of para-hydroxylation sites is 1. The summed E-state index contributed by atoms with van der Waals surface area (Å²) in [4.78, 5) is 25.7. The molecule has 0 spiro atoms. The first-order valence-electron chi connectivity index (χ1n) is 7.70. The van der Waals surface area contributed by atoms with Gasteiger partial charge in [0.15, 0.2) is 0 Å². The van der Waals surface area contributed by atoms with Gasteiger partial charge in [-0.05, 0) is 36.8 Å². The minimum Gasteiger partial charge on any atom is -0.350 e. The highest BCUT2D eigenvalue weighted by Gasteiger charge is 2.15. The monoisotopic (exact) mass is 345 g/mol. The van der Waals surface area contributed by atoms with Gasteiger partial charge in [0, 0.05) is 23.8 Å². The Hall–Kier alpha value is -2.53. The number of nitrogens with one attached hydrogen (secondary N) is 2. The number of nitrogens with zero attached hydrogens (tertiary/aromatic N) is 1. The molecule has 6 heteroatoms. The number of hydrogen-bond acceptors (Lipinski definition) is 2. The molecule has 0 fully saturated rings. The number of carbonyl (C=O) groups is 2. The molecule has 24 heavy (non-hydrogen) atoms. The SMILES string of the molecule is CCN(CC(=O)NCc1ccc(Cl)cc1)C(=O)Nc1ccccc1. The van der Waals surface area contributed by atoms with Crippen LogP contribution in [0.4, 0.5) is 10.5 Å². The van der Waals surface area contributed by atoms with Crippen molar-refractivity contribution in [3.05, 3.63) is 65.2 Å². The largest absolute Gasteiger partial charge is 0.350 e.